The summed E-state index contributed by atoms with van der Waals surface area (Å²) in [5.74, 6) is 0.0598. The van der Waals surface area contributed by atoms with E-state index in [2.05, 4.69) is 20.7 Å². The van der Waals surface area contributed by atoms with Crippen LogP contribution in [0.4, 0.5) is 4.39 Å². The molecule has 0 saturated carbocycles. The van der Waals surface area contributed by atoms with Crippen molar-refractivity contribution in [3.05, 3.63) is 54.1 Å². The van der Waals surface area contributed by atoms with Crippen molar-refractivity contribution >= 4 is 10.8 Å². The fourth-order valence-electron chi connectivity index (χ4n) is 3.50. The van der Waals surface area contributed by atoms with E-state index in [1.807, 2.05) is 36.4 Å². The monoisotopic (exact) mass is 311 g/mol. The van der Waals surface area contributed by atoms with Gasteiger partial charge in [-0.15, -0.1) is 10.2 Å². The van der Waals surface area contributed by atoms with Gasteiger partial charge in [-0.3, -0.25) is 0 Å². The average Bonchev–Trinajstić information content (AvgIpc) is 3.13. The summed E-state index contributed by atoms with van der Waals surface area (Å²) < 4.78 is 15.2. The van der Waals surface area contributed by atoms with E-state index in [1.165, 1.54) is 6.33 Å². The van der Waals surface area contributed by atoms with Gasteiger partial charge in [0.05, 0.1) is 0 Å². The minimum atomic E-state index is -0.241. The van der Waals surface area contributed by atoms with Crippen LogP contribution in [0.1, 0.15) is 24.4 Å². The lowest BCUT2D eigenvalue weighted by molar-refractivity contribution is 0.257. The lowest BCUT2D eigenvalue weighted by Gasteiger charge is -2.30. The van der Waals surface area contributed by atoms with Gasteiger partial charge in [0, 0.05) is 17.5 Å². The van der Waals surface area contributed by atoms with Gasteiger partial charge >= 0.3 is 0 Å². The van der Waals surface area contributed by atoms with Crippen LogP contribution in [0.25, 0.3) is 10.8 Å². The number of nitrogens with zero attached hydrogens (tertiary/aromatic N) is 4. The third-order valence-corrected chi connectivity index (χ3v) is 4.61. The number of nitrogens with one attached hydrogen (secondary N) is 1. The summed E-state index contributed by atoms with van der Waals surface area (Å²) in [4.78, 5) is 1.55. The molecule has 6 heteroatoms. The molecule has 0 spiro atoms. The standard InChI is InChI=1S/C17H18FN5/c18-16-14-6-2-1-4-12(14)7-8-15(16)17(23-21-11-20-22-23)13-5-3-9-19-10-13/h1-2,4,6-8,11,13,17,19H,3,5,9-10H2/t13-,17?/m0/s1. The van der Waals surface area contributed by atoms with E-state index < -0.39 is 0 Å². The Morgan fingerprint density at radius 3 is 2.91 bits per heavy atom. The first-order valence-corrected chi connectivity index (χ1v) is 7.95. The summed E-state index contributed by atoms with van der Waals surface area (Å²) in [6.45, 7) is 1.84. The molecule has 1 saturated heterocycles. The molecule has 0 aliphatic carbocycles. The highest BCUT2D eigenvalue weighted by Crippen LogP contribution is 2.34. The first-order valence-electron chi connectivity index (χ1n) is 7.95. The number of rotatable bonds is 3. The molecular weight excluding hydrogens is 293 g/mol. The summed E-state index contributed by atoms with van der Waals surface area (Å²) in [5, 5.41) is 17.0. The molecule has 1 aromatic heterocycles. The smallest absolute Gasteiger partial charge is 0.162 e. The number of tetrazole rings is 1. The molecule has 3 aromatic rings. The summed E-state index contributed by atoms with van der Waals surface area (Å²) in [6, 6.07) is 11.1. The van der Waals surface area contributed by atoms with Gasteiger partial charge in [0.2, 0.25) is 0 Å². The summed E-state index contributed by atoms with van der Waals surface area (Å²) >= 11 is 0. The maximum Gasteiger partial charge on any atom is 0.162 e. The van der Waals surface area contributed by atoms with E-state index in [-0.39, 0.29) is 17.8 Å². The molecule has 1 unspecified atom stereocenters. The molecule has 1 fully saturated rings. The predicted molar refractivity (Wildman–Crippen MR) is 85.5 cm³/mol. The predicted octanol–water partition coefficient (Wildman–Crippen LogP) is 2.55. The van der Waals surface area contributed by atoms with Gasteiger partial charge in [-0.05, 0) is 35.9 Å². The average molecular weight is 311 g/mol. The lowest BCUT2D eigenvalue weighted by Crippen LogP contribution is -2.36. The first kappa shape index (κ1) is 14.3. The van der Waals surface area contributed by atoms with Gasteiger partial charge in [0.15, 0.2) is 6.33 Å². The Morgan fingerprint density at radius 2 is 2.13 bits per heavy atom. The highest BCUT2D eigenvalue weighted by Gasteiger charge is 2.30. The molecule has 1 aliphatic rings. The molecule has 2 aromatic carbocycles. The van der Waals surface area contributed by atoms with Crippen molar-refractivity contribution in [2.45, 2.75) is 18.9 Å². The van der Waals surface area contributed by atoms with Crippen LogP contribution in [-0.2, 0) is 0 Å². The van der Waals surface area contributed by atoms with Gasteiger partial charge in [-0.25, -0.2) is 4.39 Å². The van der Waals surface area contributed by atoms with Crippen LogP contribution in [0, 0.1) is 11.7 Å². The maximum atomic E-state index is 15.2. The van der Waals surface area contributed by atoms with Crippen LogP contribution < -0.4 is 5.32 Å². The Hall–Kier alpha value is -2.34. The maximum absolute atomic E-state index is 15.2. The third kappa shape index (κ3) is 2.59. The Morgan fingerprint density at radius 1 is 1.22 bits per heavy atom. The Balaban J connectivity index is 1.84. The van der Waals surface area contributed by atoms with E-state index in [0.717, 1.165) is 31.3 Å². The van der Waals surface area contributed by atoms with E-state index in [9.17, 15) is 0 Å². The van der Waals surface area contributed by atoms with Crippen molar-refractivity contribution in [3.8, 4) is 0 Å². The minimum Gasteiger partial charge on any atom is -0.316 e. The first-order chi connectivity index (χ1) is 11.3. The third-order valence-electron chi connectivity index (χ3n) is 4.61. The molecule has 0 bridgehead atoms. The number of hydrogen-bond donors (Lipinski definition) is 1. The number of benzene rings is 2. The second-order valence-corrected chi connectivity index (χ2v) is 6.00. The van der Waals surface area contributed by atoms with Gasteiger partial charge in [0.25, 0.3) is 0 Å². The molecule has 1 aliphatic heterocycles. The van der Waals surface area contributed by atoms with Crippen LogP contribution in [0.15, 0.2) is 42.7 Å². The largest absolute Gasteiger partial charge is 0.316 e. The summed E-state index contributed by atoms with van der Waals surface area (Å²) in [5.41, 5.74) is 0.635. The Kier molecular flexibility index (Phi) is 3.75. The lowest BCUT2D eigenvalue weighted by atomic mass is 9.86. The number of aromatic nitrogens is 4. The molecule has 118 valence electrons. The second-order valence-electron chi connectivity index (χ2n) is 6.00. The van der Waals surface area contributed by atoms with Crippen molar-refractivity contribution < 1.29 is 4.39 Å². The van der Waals surface area contributed by atoms with Crippen LogP contribution in [0.5, 0.6) is 0 Å². The molecule has 0 amide bonds. The molecule has 2 heterocycles. The molecule has 1 N–H and O–H groups in total. The van der Waals surface area contributed by atoms with Crippen LogP contribution in [-0.4, -0.2) is 33.3 Å². The highest BCUT2D eigenvalue weighted by molar-refractivity contribution is 5.83. The highest BCUT2D eigenvalue weighted by atomic mass is 19.1. The van der Waals surface area contributed by atoms with E-state index >= 15 is 4.39 Å². The number of piperidine rings is 1. The Labute approximate surface area is 133 Å². The van der Waals surface area contributed by atoms with Gasteiger partial charge in [-0.1, -0.05) is 36.4 Å². The van der Waals surface area contributed by atoms with Gasteiger partial charge < -0.3 is 5.32 Å². The molecule has 23 heavy (non-hydrogen) atoms. The molecule has 2 atom stereocenters. The van der Waals surface area contributed by atoms with Crippen molar-refractivity contribution in [2.24, 2.45) is 5.92 Å². The molecular formula is C17H18FN5. The number of fused-ring (bicyclic) bond motifs is 1. The topological polar surface area (TPSA) is 55.6 Å². The quantitative estimate of drug-likeness (QED) is 0.807. The van der Waals surface area contributed by atoms with Crippen LogP contribution in [0.3, 0.4) is 0 Å². The zero-order valence-corrected chi connectivity index (χ0v) is 12.7. The van der Waals surface area contributed by atoms with Gasteiger partial charge in [-0.2, -0.15) is 4.80 Å². The molecule has 0 radical (unpaired) electrons. The van der Waals surface area contributed by atoms with Crippen LogP contribution >= 0.6 is 0 Å². The summed E-state index contributed by atoms with van der Waals surface area (Å²) in [7, 11) is 0. The fourth-order valence-corrected chi connectivity index (χ4v) is 3.50. The second kappa shape index (κ2) is 6.04. The molecule has 4 rings (SSSR count). The van der Waals surface area contributed by atoms with Crippen molar-refractivity contribution in [1.82, 2.24) is 25.5 Å². The zero-order valence-electron chi connectivity index (χ0n) is 12.7. The minimum absolute atomic E-state index is 0.184. The van der Waals surface area contributed by atoms with Crippen molar-refractivity contribution in [1.29, 1.82) is 0 Å². The Bertz CT molecular complexity index is 796. The van der Waals surface area contributed by atoms with Crippen molar-refractivity contribution in [3.63, 3.8) is 0 Å². The van der Waals surface area contributed by atoms with E-state index in [4.69, 9.17) is 0 Å². The van der Waals surface area contributed by atoms with E-state index in [0.29, 0.717) is 10.9 Å². The SMILES string of the molecule is Fc1c(C([C@H]2CCCNC2)n2ncnn2)ccc2ccccc12. The number of halogens is 1. The number of hydrogen-bond acceptors (Lipinski definition) is 4. The normalized spacial score (nSPS) is 19.8. The van der Waals surface area contributed by atoms with Crippen molar-refractivity contribution in [2.75, 3.05) is 13.1 Å². The van der Waals surface area contributed by atoms with Gasteiger partial charge in [0.1, 0.15) is 11.9 Å². The van der Waals surface area contributed by atoms with E-state index in [1.54, 1.807) is 4.80 Å². The van der Waals surface area contributed by atoms with Crippen LogP contribution in [0.2, 0.25) is 0 Å². The zero-order chi connectivity index (χ0) is 15.6. The fraction of sp³-hybridized carbons (Fsp3) is 0.353. The summed E-state index contributed by atoms with van der Waals surface area (Å²) in [6.07, 6.45) is 3.50. The molecule has 5 nitrogen and oxygen atoms in total.